The molecule has 4 nitrogen and oxygen atoms in total. The minimum atomic E-state index is -1.21. The average molecular weight is 316 g/mol. The molecule has 0 fully saturated rings. The number of fused-ring (bicyclic) bond motifs is 1. The van der Waals surface area contributed by atoms with Crippen LogP contribution in [0, 0.1) is 6.92 Å². The number of carbonyl (C=O) groups excluding carboxylic acids is 1. The summed E-state index contributed by atoms with van der Waals surface area (Å²) in [6.07, 6.45) is -0.294. The monoisotopic (exact) mass is 316 g/mol. The summed E-state index contributed by atoms with van der Waals surface area (Å²) in [4.78, 5) is 23.1. The Hall–Kier alpha value is -1.88. The molecule has 0 atom stereocenters. The molecule has 1 heterocycles. The van der Waals surface area contributed by atoms with Crippen molar-refractivity contribution in [1.29, 1.82) is 0 Å². The first-order valence-corrected chi connectivity index (χ1v) is 6.87. The zero-order valence-corrected chi connectivity index (χ0v) is 15.0. The maximum absolute atomic E-state index is 12.3. The van der Waals surface area contributed by atoms with Gasteiger partial charge in [-0.15, -0.1) is 0 Å². The van der Waals surface area contributed by atoms with Gasteiger partial charge in [-0.2, -0.15) is 0 Å². The van der Waals surface area contributed by atoms with E-state index in [1.165, 1.54) is 6.07 Å². The van der Waals surface area contributed by atoms with E-state index in [-0.39, 0.29) is 41.4 Å². The van der Waals surface area contributed by atoms with Crippen molar-refractivity contribution in [2.24, 2.45) is 0 Å². The van der Waals surface area contributed by atoms with Crippen molar-refractivity contribution < 1.29 is 43.9 Å². The predicted octanol–water partition coefficient (Wildman–Crippen LogP) is -0.935. The topological polar surface area (TPSA) is 70.3 Å². The summed E-state index contributed by atoms with van der Waals surface area (Å²) in [6.45, 7) is 1.97. The van der Waals surface area contributed by atoms with Crippen molar-refractivity contribution in [3.05, 3.63) is 69.9 Å². The van der Waals surface area contributed by atoms with Crippen molar-refractivity contribution >= 4 is 16.9 Å². The Labute approximate surface area is 155 Å². The Morgan fingerprint density at radius 2 is 1.83 bits per heavy atom. The van der Waals surface area contributed by atoms with E-state index in [0.29, 0.717) is 22.3 Å². The van der Waals surface area contributed by atoms with E-state index in [4.69, 9.17) is 4.42 Å². The zero-order chi connectivity index (χ0) is 15.7. The average Bonchev–Trinajstić information content (AvgIpc) is 2.48. The van der Waals surface area contributed by atoms with Crippen molar-refractivity contribution in [1.82, 2.24) is 0 Å². The third kappa shape index (κ3) is 3.72. The number of benzene rings is 2. The first kappa shape index (κ1) is 17.5. The van der Waals surface area contributed by atoms with Gasteiger partial charge in [0, 0.05) is 29.6 Å². The van der Waals surface area contributed by atoms with E-state index < -0.39 is 5.97 Å². The molecule has 0 aliphatic carbocycles. The van der Waals surface area contributed by atoms with Crippen molar-refractivity contribution in [2.75, 3.05) is 0 Å². The predicted molar refractivity (Wildman–Crippen MR) is 81.4 cm³/mol. The number of carboxylic acid groups (broad SMARTS) is 1. The van der Waals surface area contributed by atoms with Gasteiger partial charge < -0.3 is 14.3 Å². The Balaban J connectivity index is 0.00000192. The van der Waals surface area contributed by atoms with E-state index in [2.05, 4.69) is 0 Å². The molecule has 0 saturated carbocycles. The van der Waals surface area contributed by atoms with Crippen LogP contribution in [0.25, 0.3) is 22.3 Å². The third-order valence-electron chi connectivity index (χ3n) is 3.51. The van der Waals surface area contributed by atoms with Gasteiger partial charge in [-0.05, 0) is 13.0 Å². The van der Waals surface area contributed by atoms with E-state index in [1.54, 1.807) is 18.2 Å². The molecule has 2 aromatic carbocycles. The van der Waals surface area contributed by atoms with Crippen molar-refractivity contribution in [3.8, 4) is 11.3 Å². The van der Waals surface area contributed by atoms with Crippen molar-refractivity contribution in [3.63, 3.8) is 0 Å². The molecule has 0 aliphatic rings. The Morgan fingerprint density at radius 3 is 2.48 bits per heavy atom. The summed E-state index contributed by atoms with van der Waals surface area (Å²) in [5.41, 5.74) is 2.41. The molecule has 0 saturated heterocycles. The van der Waals surface area contributed by atoms with Crippen LogP contribution in [-0.4, -0.2) is 5.97 Å². The molecule has 5 heteroatoms. The Morgan fingerprint density at radius 1 is 1.13 bits per heavy atom. The van der Waals surface area contributed by atoms with E-state index in [9.17, 15) is 14.7 Å². The molecule has 3 aromatic rings. The first-order valence-electron chi connectivity index (χ1n) is 6.87. The number of hydrogen-bond acceptors (Lipinski definition) is 4. The summed E-state index contributed by atoms with van der Waals surface area (Å²) in [5, 5.41) is 11.2. The van der Waals surface area contributed by atoms with Crippen LogP contribution < -0.4 is 40.1 Å². The van der Waals surface area contributed by atoms with Gasteiger partial charge in [-0.1, -0.05) is 42.0 Å². The molecule has 0 aliphatic heterocycles. The number of aryl methyl sites for hydroxylation is 1. The van der Waals surface area contributed by atoms with Crippen LogP contribution in [0.5, 0.6) is 0 Å². The zero-order valence-electron chi connectivity index (χ0n) is 13.0. The Bertz CT molecular complexity index is 910. The van der Waals surface area contributed by atoms with Crippen LogP contribution >= 0.6 is 0 Å². The fourth-order valence-electron chi connectivity index (χ4n) is 2.39. The van der Waals surface area contributed by atoms with Gasteiger partial charge in [0.1, 0.15) is 11.3 Å². The maximum atomic E-state index is 12.3. The van der Waals surface area contributed by atoms with Crippen LogP contribution in [0.1, 0.15) is 11.1 Å². The van der Waals surface area contributed by atoms with Crippen molar-refractivity contribution in [2.45, 2.75) is 13.3 Å². The normalized spacial score (nSPS) is 10.3. The molecular formula is C18H13NaO4. The second-order valence-electron chi connectivity index (χ2n) is 5.18. The quantitative estimate of drug-likeness (QED) is 0.585. The maximum Gasteiger partial charge on any atom is 1.00 e. The van der Waals surface area contributed by atoms with Gasteiger partial charge in [-0.25, -0.2) is 0 Å². The van der Waals surface area contributed by atoms with Gasteiger partial charge in [0.15, 0.2) is 5.43 Å². The van der Waals surface area contributed by atoms with Gasteiger partial charge >= 0.3 is 29.6 Å². The minimum Gasteiger partial charge on any atom is -0.550 e. The molecule has 3 rings (SSSR count). The summed E-state index contributed by atoms with van der Waals surface area (Å²) in [5.74, 6) is -0.792. The van der Waals surface area contributed by atoms with Crippen LogP contribution in [-0.2, 0) is 11.2 Å². The summed E-state index contributed by atoms with van der Waals surface area (Å²) >= 11 is 0. The summed E-state index contributed by atoms with van der Waals surface area (Å²) < 4.78 is 5.81. The van der Waals surface area contributed by atoms with E-state index in [1.807, 2.05) is 31.2 Å². The van der Waals surface area contributed by atoms with Crippen LogP contribution in [0.3, 0.4) is 0 Å². The van der Waals surface area contributed by atoms with Gasteiger partial charge in [0.2, 0.25) is 0 Å². The summed E-state index contributed by atoms with van der Waals surface area (Å²) in [6, 6.07) is 13.9. The van der Waals surface area contributed by atoms with Crippen LogP contribution in [0.4, 0.5) is 0 Å². The third-order valence-corrected chi connectivity index (χ3v) is 3.51. The van der Waals surface area contributed by atoms with E-state index >= 15 is 0 Å². The molecule has 23 heavy (non-hydrogen) atoms. The van der Waals surface area contributed by atoms with Crippen LogP contribution in [0.15, 0.2) is 57.7 Å². The fraction of sp³-hybridized carbons (Fsp3) is 0.111. The fourth-order valence-corrected chi connectivity index (χ4v) is 2.39. The van der Waals surface area contributed by atoms with Crippen LogP contribution in [0.2, 0.25) is 0 Å². The van der Waals surface area contributed by atoms with E-state index in [0.717, 1.165) is 11.1 Å². The summed E-state index contributed by atoms with van der Waals surface area (Å²) in [7, 11) is 0. The number of para-hydroxylation sites is 1. The molecule has 0 spiro atoms. The molecule has 1 aromatic heterocycles. The Kier molecular flexibility index (Phi) is 5.42. The SMILES string of the molecule is Cc1ccc(-c2cc(=O)c3cccc(CC(=O)[O-])c3o2)cc1.[Na+]. The minimum absolute atomic E-state index is 0. The van der Waals surface area contributed by atoms with Gasteiger partial charge in [-0.3, -0.25) is 4.79 Å². The first-order chi connectivity index (χ1) is 10.5. The molecule has 0 unspecified atom stereocenters. The molecule has 110 valence electrons. The standard InChI is InChI=1S/C18H14O4.Na/c1-11-5-7-12(8-6-11)16-10-15(19)14-4-2-3-13(9-17(20)21)18(14)22-16;/h2-8,10H,9H2,1H3,(H,20,21);/q;+1/p-1. The van der Waals surface area contributed by atoms with Gasteiger partial charge in [0.05, 0.1) is 5.39 Å². The van der Waals surface area contributed by atoms with Gasteiger partial charge in [0.25, 0.3) is 0 Å². The number of rotatable bonds is 3. The molecular weight excluding hydrogens is 303 g/mol. The number of aliphatic carboxylic acids is 1. The molecule has 0 N–H and O–H groups in total. The second kappa shape index (κ2) is 7.13. The molecule has 0 amide bonds. The second-order valence-corrected chi connectivity index (χ2v) is 5.18. The number of carboxylic acids is 1. The largest absolute Gasteiger partial charge is 1.00 e. The number of hydrogen-bond donors (Lipinski definition) is 0. The molecule has 0 radical (unpaired) electrons. The number of carbonyl (C=O) groups is 1. The smallest absolute Gasteiger partial charge is 0.550 e. The molecule has 0 bridgehead atoms.